The van der Waals surface area contributed by atoms with Crippen molar-refractivity contribution in [1.29, 1.82) is 0 Å². The van der Waals surface area contributed by atoms with E-state index in [2.05, 4.69) is 88.6 Å². The second-order valence-corrected chi connectivity index (χ2v) is 6.50. The van der Waals surface area contributed by atoms with E-state index in [0.29, 0.717) is 6.04 Å². The fourth-order valence-electron chi connectivity index (χ4n) is 3.16. The Morgan fingerprint density at radius 2 is 1.48 bits per heavy atom. The second kappa shape index (κ2) is 6.44. The summed E-state index contributed by atoms with van der Waals surface area (Å²) >= 11 is 0. The molecule has 0 aromatic heterocycles. The molecule has 0 aliphatic carbocycles. The Labute approximate surface area is 129 Å². The number of benzene rings is 2. The zero-order valence-electron chi connectivity index (χ0n) is 13.9. The van der Waals surface area contributed by atoms with Crippen LogP contribution in [0.3, 0.4) is 0 Å². The number of aryl methyl sites for hydroxylation is 2. The Kier molecular flexibility index (Phi) is 4.84. The van der Waals surface area contributed by atoms with Crippen LogP contribution >= 0.6 is 0 Å². The molecule has 2 aromatic rings. The van der Waals surface area contributed by atoms with Crippen molar-refractivity contribution in [3.63, 3.8) is 0 Å². The molecule has 2 aromatic carbocycles. The third-order valence-electron chi connectivity index (χ3n) is 4.79. The van der Waals surface area contributed by atoms with Crippen LogP contribution in [0.4, 0.5) is 0 Å². The normalized spacial score (nSPS) is 13.2. The lowest BCUT2D eigenvalue weighted by Gasteiger charge is -2.35. The predicted molar refractivity (Wildman–Crippen MR) is 91.9 cm³/mol. The van der Waals surface area contributed by atoms with Gasteiger partial charge in [-0.05, 0) is 49.6 Å². The lowest BCUT2D eigenvalue weighted by Crippen LogP contribution is -2.44. The Balaban J connectivity index is 2.32. The molecule has 0 heterocycles. The van der Waals surface area contributed by atoms with E-state index in [-0.39, 0.29) is 5.41 Å². The highest BCUT2D eigenvalue weighted by Gasteiger charge is 2.30. The summed E-state index contributed by atoms with van der Waals surface area (Å²) in [7, 11) is 2.07. The van der Waals surface area contributed by atoms with Gasteiger partial charge < -0.3 is 5.32 Å². The summed E-state index contributed by atoms with van der Waals surface area (Å²) in [5.74, 6) is 0. The van der Waals surface area contributed by atoms with Crippen molar-refractivity contribution in [3.8, 4) is 0 Å². The van der Waals surface area contributed by atoms with Crippen LogP contribution in [0.15, 0.2) is 48.5 Å². The maximum Gasteiger partial charge on any atom is 0.0196 e. The van der Waals surface area contributed by atoms with Gasteiger partial charge in [-0.25, -0.2) is 0 Å². The predicted octanol–water partition coefficient (Wildman–Crippen LogP) is 4.41. The van der Waals surface area contributed by atoms with Gasteiger partial charge in [0.25, 0.3) is 0 Å². The fraction of sp³-hybridized carbons (Fsp3) is 0.400. The van der Waals surface area contributed by atoms with Gasteiger partial charge in [-0.3, -0.25) is 0 Å². The van der Waals surface area contributed by atoms with E-state index in [1.54, 1.807) is 0 Å². The van der Waals surface area contributed by atoms with E-state index in [4.69, 9.17) is 0 Å². The van der Waals surface area contributed by atoms with Crippen LogP contribution in [0, 0.1) is 13.8 Å². The molecule has 1 nitrogen and oxygen atoms in total. The van der Waals surface area contributed by atoms with Crippen molar-refractivity contribution in [1.82, 2.24) is 5.32 Å². The lowest BCUT2D eigenvalue weighted by atomic mass is 9.74. The van der Waals surface area contributed by atoms with Crippen molar-refractivity contribution in [3.05, 3.63) is 70.8 Å². The first kappa shape index (κ1) is 15.8. The van der Waals surface area contributed by atoms with Gasteiger partial charge in [-0.1, -0.05) is 62.4 Å². The Hall–Kier alpha value is -1.60. The quantitative estimate of drug-likeness (QED) is 0.856. The maximum atomic E-state index is 3.54. The molecule has 1 unspecified atom stereocenters. The van der Waals surface area contributed by atoms with Gasteiger partial charge in [0, 0.05) is 11.5 Å². The van der Waals surface area contributed by atoms with Crippen molar-refractivity contribution >= 4 is 0 Å². The average molecular weight is 281 g/mol. The van der Waals surface area contributed by atoms with Crippen molar-refractivity contribution < 1.29 is 0 Å². The molecular weight excluding hydrogens is 254 g/mol. The van der Waals surface area contributed by atoms with E-state index in [1.165, 1.54) is 22.3 Å². The van der Waals surface area contributed by atoms with E-state index in [0.717, 1.165) is 6.42 Å². The number of likely N-dealkylation sites (N-methyl/N-ethyl adjacent to an activating group) is 1. The highest BCUT2D eigenvalue weighted by atomic mass is 14.9. The zero-order valence-corrected chi connectivity index (χ0v) is 13.9. The van der Waals surface area contributed by atoms with E-state index in [1.807, 2.05) is 0 Å². The molecule has 0 bridgehead atoms. The van der Waals surface area contributed by atoms with E-state index < -0.39 is 0 Å². The summed E-state index contributed by atoms with van der Waals surface area (Å²) < 4.78 is 0. The van der Waals surface area contributed by atoms with Crippen LogP contribution in [-0.4, -0.2) is 13.1 Å². The lowest BCUT2D eigenvalue weighted by molar-refractivity contribution is 0.356. The van der Waals surface area contributed by atoms with Crippen LogP contribution in [0.1, 0.15) is 36.1 Å². The largest absolute Gasteiger partial charge is 0.316 e. The number of hydrogen-bond acceptors (Lipinski definition) is 1. The molecule has 0 spiro atoms. The van der Waals surface area contributed by atoms with Gasteiger partial charge in [-0.2, -0.15) is 0 Å². The summed E-state index contributed by atoms with van der Waals surface area (Å²) in [4.78, 5) is 0. The van der Waals surface area contributed by atoms with Gasteiger partial charge in [0.1, 0.15) is 0 Å². The summed E-state index contributed by atoms with van der Waals surface area (Å²) in [6, 6.07) is 17.8. The van der Waals surface area contributed by atoms with E-state index >= 15 is 0 Å². The Morgan fingerprint density at radius 1 is 0.905 bits per heavy atom. The number of rotatable bonds is 5. The zero-order chi connectivity index (χ0) is 15.5. The first-order chi connectivity index (χ1) is 9.96. The third-order valence-corrected chi connectivity index (χ3v) is 4.79. The number of nitrogens with one attached hydrogen (secondary N) is 1. The minimum atomic E-state index is 0.0880. The summed E-state index contributed by atoms with van der Waals surface area (Å²) in [5.41, 5.74) is 5.72. The first-order valence-electron chi connectivity index (χ1n) is 7.74. The molecule has 0 saturated carbocycles. The first-order valence-corrected chi connectivity index (χ1v) is 7.74. The standard InChI is InChI=1S/C20H27N/c1-15-10-9-11-16(2)18(15)14-19(21-5)20(3,4)17-12-7-6-8-13-17/h6-13,19,21H,14H2,1-5H3. The van der Waals surface area contributed by atoms with Crippen LogP contribution in [-0.2, 0) is 11.8 Å². The molecule has 1 heteroatoms. The molecule has 0 aliphatic rings. The van der Waals surface area contributed by atoms with Gasteiger partial charge in [-0.15, -0.1) is 0 Å². The highest BCUT2D eigenvalue weighted by Crippen LogP contribution is 2.30. The number of hydrogen-bond donors (Lipinski definition) is 1. The minimum Gasteiger partial charge on any atom is -0.316 e. The molecule has 21 heavy (non-hydrogen) atoms. The van der Waals surface area contributed by atoms with Crippen LogP contribution < -0.4 is 5.32 Å². The SMILES string of the molecule is CNC(Cc1c(C)cccc1C)C(C)(C)c1ccccc1. The average Bonchev–Trinajstić information content (AvgIpc) is 2.47. The molecule has 0 saturated heterocycles. The molecule has 0 radical (unpaired) electrons. The summed E-state index contributed by atoms with van der Waals surface area (Å²) in [6.45, 7) is 9.09. The summed E-state index contributed by atoms with van der Waals surface area (Å²) in [6.07, 6.45) is 1.05. The molecule has 0 fully saturated rings. The van der Waals surface area contributed by atoms with Gasteiger partial charge in [0.05, 0.1) is 0 Å². The van der Waals surface area contributed by atoms with Crippen LogP contribution in [0.25, 0.3) is 0 Å². The maximum absolute atomic E-state index is 3.54. The summed E-state index contributed by atoms with van der Waals surface area (Å²) in [5, 5.41) is 3.54. The highest BCUT2D eigenvalue weighted by molar-refractivity contribution is 5.36. The van der Waals surface area contributed by atoms with Gasteiger partial charge in [0.15, 0.2) is 0 Å². The van der Waals surface area contributed by atoms with Crippen LogP contribution in [0.2, 0.25) is 0 Å². The van der Waals surface area contributed by atoms with Gasteiger partial charge in [0.2, 0.25) is 0 Å². The Morgan fingerprint density at radius 3 is 2.00 bits per heavy atom. The molecule has 112 valence electrons. The van der Waals surface area contributed by atoms with Crippen molar-refractivity contribution in [2.45, 2.75) is 45.6 Å². The van der Waals surface area contributed by atoms with Crippen molar-refractivity contribution in [2.24, 2.45) is 0 Å². The molecule has 1 N–H and O–H groups in total. The minimum absolute atomic E-state index is 0.0880. The Bertz CT molecular complexity index is 564. The topological polar surface area (TPSA) is 12.0 Å². The molecule has 0 aliphatic heterocycles. The fourth-order valence-corrected chi connectivity index (χ4v) is 3.16. The molecule has 0 amide bonds. The van der Waals surface area contributed by atoms with E-state index in [9.17, 15) is 0 Å². The smallest absolute Gasteiger partial charge is 0.0196 e. The molecular formula is C20H27N. The molecule has 2 rings (SSSR count). The third kappa shape index (κ3) is 3.36. The second-order valence-electron chi connectivity index (χ2n) is 6.50. The van der Waals surface area contributed by atoms with Crippen LogP contribution in [0.5, 0.6) is 0 Å². The van der Waals surface area contributed by atoms with Gasteiger partial charge >= 0.3 is 0 Å². The van der Waals surface area contributed by atoms with Crippen molar-refractivity contribution in [2.75, 3.05) is 7.05 Å². The molecule has 1 atom stereocenters. The monoisotopic (exact) mass is 281 g/mol.